The van der Waals surface area contributed by atoms with E-state index in [1.807, 2.05) is 0 Å². The number of nitrogens with one attached hydrogen (secondary N) is 1. The van der Waals surface area contributed by atoms with Gasteiger partial charge in [-0.25, -0.2) is 0 Å². The zero-order chi connectivity index (χ0) is 15.5. The summed E-state index contributed by atoms with van der Waals surface area (Å²) in [5.41, 5.74) is 1.44. The molecule has 0 saturated carbocycles. The van der Waals surface area contributed by atoms with E-state index in [-0.39, 0.29) is 5.54 Å². The highest BCUT2D eigenvalue weighted by Crippen LogP contribution is 2.23. The molecule has 3 nitrogen and oxygen atoms in total. The van der Waals surface area contributed by atoms with E-state index in [4.69, 9.17) is 4.42 Å². The van der Waals surface area contributed by atoms with Gasteiger partial charge >= 0.3 is 0 Å². The number of hydrogen-bond acceptors (Lipinski definition) is 3. The second kappa shape index (κ2) is 6.97. The predicted molar refractivity (Wildman–Crippen MR) is 88.3 cm³/mol. The molecule has 120 valence electrons. The van der Waals surface area contributed by atoms with Gasteiger partial charge in [0.05, 0.1) is 6.54 Å². The first kappa shape index (κ1) is 16.6. The summed E-state index contributed by atoms with van der Waals surface area (Å²) in [5.74, 6) is 3.05. The van der Waals surface area contributed by atoms with Crippen molar-refractivity contribution in [3.8, 4) is 0 Å². The van der Waals surface area contributed by atoms with Crippen LogP contribution in [0.25, 0.3) is 0 Å². The smallest absolute Gasteiger partial charge is 0.118 e. The van der Waals surface area contributed by atoms with E-state index in [1.54, 1.807) is 0 Å². The largest absolute Gasteiger partial charge is 0.465 e. The molecule has 1 N–H and O–H groups in total. The van der Waals surface area contributed by atoms with Crippen LogP contribution in [0, 0.1) is 12.8 Å². The van der Waals surface area contributed by atoms with Crippen LogP contribution in [0.1, 0.15) is 64.0 Å². The van der Waals surface area contributed by atoms with Crippen LogP contribution in [0.4, 0.5) is 0 Å². The lowest BCUT2D eigenvalue weighted by atomic mass is 9.95. The number of furan rings is 1. The first-order valence-corrected chi connectivity index (χ1v) is 8.43. The fourth-order valence-electron chi connectivity index (χ4n) is 3.05. The van der Waals surface area contributed by atoms with Gasteiger partial charge in [0.2, 0.25) is 0 Å². The van der Waals surface area contributed by atoms with Gasteiger partial charge in [0, 0.05) is 24.2 Å². The zero-order valence-electron chi connectivity index (χ0n) is 14.5. The molecule has 3 heteroatoms. The van der Waals surface area contributed by atoms with Gasteiger partial charge in [-0.15, -0.1) is 0 Å². The van der Waals surface area contributed by atoms with Gasteiger partial charge < -0.3 is 9.73 Å². The summed E-state index contributed by atoms with van der Waals surface area (Å²) in [5, 5.41) is 3.54. The molecule has 0 aliphatic carbocycles. The highest BCUT2D eigenvalue weighted by molar-refractivity contribution is 5.21. The second-order valence-electron chi connectivity index (χ2n) is 7.55. The lowest BCUT2D eigenvalue weighted by molar-refractivity contribution is 0.154. The minimum atomic E-state index is 0.144. The summed E-state index contributed by atoms with van der Waals surface area (Å²) in [4.78, 5) is 2.55. The predicted octanol–water partition coefficient (Wildman–Crippen LogP) is 4.10. The van der Waals surface area contributed by atoms with Gasteiger partial charge in [-0.2, -0.15) is 0 Å². The molecule has 2 heterocycles. The molecule has 1 aromatic heterocycles. The Morgan fingerprint density at radius 3 is 2.81 bits per heavy atom. The molecule has 1 fully saturated rings. The maximum atomic E-state index is 5.97. The Balaban J connectivity index is 1.92. The van der Waals surface area contributed by atoms with E-state index < -0.39 is 0 Å². The number of rotatable bonds is 5. The number of aryl methyl sites for hydroxylation is 1. The van der Waals surface area contributed by atoms with Crippen LogP contribution in [0.15, 0.2) is 10.5 Å². The zero-order valence-corrected chi connectivity index (χ0v) is 14.5. The SMILES string of the molecule is CCC1CCCN(Cc2cc(CNC(C)(C)C)c(C)o2)C1. The van der Waals surface area contributed by atoms with Crippen LogP contribution in [0.3, 0.4) is 0 Å². The van der Waals surface area contributed by atoms with Crippen molar-refractivity contribution in [2.45, 2.75) is 72.5 Å². The van der Waals surface area contributed by atoms with Gasteiger partial charge in [-0.3, -0.25) is 4.90 Å². The molecule has 2 rings (SSSR count). The van der Waals surface area contributed by atoms with Crippen molar-refractivity contribution in [1.29, 1.82) is 0 Å². The van der Waals surface area contributed by atoms with Crippen molar-refractivity contribution in [3.05, 3.63) is 23.2 Å². The minimum absolute atomic E-state index is 0.144. The van der Waals surface area contributed by atoms with Gasteiger partial charge in [0.15, 0.2) is 0 Å². The summed E-state index contributed by atoms with van der Waals surface area (Å²) in [7, 11) is 0. The van der Waals surface area contributed by atoms with Crippen LogP contribution in [-0.2, 0) is 13.1 Å². The Labute approximate surface area is 130 Å². The molecule has 0 amide bonds. The summed E-state index contributed by atoms with van der Waals surface area (Å²) in [6.07, 6.45) is 4.02. The molecule has 0 radical (unpaired) electrons. The van der Waals surface area contributed by atoms with E-state index in [0.29, 0.717) is 0 Å². The van der Waals surface area contributed by atoms with Crippen LogP contribution in [0.2, 0.25) is 0 Å². The lowest BCUT2D eigenvalue weighted by Crippen LogP contribution is -2.35. The Hall–Kier alpha value is -0.800. The third-order valence-corrected chi connectivity index (χ3v) is 4.44. The van der Waals surface area contributed by atoms with E-state index in [0.717, 1.165) is 30.5 Å². The van der Waals surface area contributed by atoms with Crippen LogP contribution in [0.5, 0.6) is 0 Å². The molecule has 1 aliphatic rings. The van der Waals surface area contributed by atoms with E-state index in [1.165, 1.54) is 37.9 Å². The van der Waals surface area contributed by atoms with Crippen LogP contribution in [-0.4, -0.2) is 23.5 Å². The first-order valence-electron chi connectivity index (χ1n) is 8.43. The molecule has 21 heavy (non-hydrogen) atoms. The third-order valence-electron chi connectivity index (χ3n) is 4.44. The average Bonchev–Trinajstić information content (AvgIpc) is 2.76. The Bertz CT molecular complexity index is 445. The highest BCUT2D eigenvalue weighted by Gasteiger charge is 2.20. The highest BCUT2D eigenvalue weighted by atomic mass is 16.3. The summed E-state index contributed by atoms with van der Waals surface area (Å²) < 4.78 is 5.97. The van der Waals surface area contributed by atoms with E-state index in [9.17, 15) is 0 Å². The van der Waals surface area contributed by atoms with Crippen molar-refractivity contribution in [3.63, 3.8) is 0 Å². The van der Waals surface area contributed by atoms with Crippen molar-refractivity contribution < 1.29 is 4.42 Å². The van der Waals surface area contributed by atoms with Crippen LogP contribution < -0.4 is 5.32 Å². The number of hydrogen-bond donors (Lipinski definition) is 1. The normalized spacial score (nSPS) is 20.9. The van der Waals surface area contributed by atoms with Crippen molar-refractivity contribution >= 4 is 0 Å². The molecule has 1 aliphatic heterocycles. The fourth-order valence-corrected chi connectivity index (χ4v) is 3.05. The average molecular weight is 292 g/mol. The van der Waals surface area contributed by atoms with Crippen molar-refractivity contribution in [2.75, 3.05) is 13.1 Å². The molecule has 0 bridgehead atoms. The lowest BCUT2D eigenvalue weighted by Gasteiger charge is -2.31. The molecule has 0 aromatic carbocycles. The van der Waals surface area contributed by atoms with Crippen LogP contribution >= 0.6 is 0 Å². The maximum Gasteiger partial charge on any atom is 0.118 e. The van der Waals surface area contributed by atoms with Gasteiger partial charge in [-0.1, -0.05) is 13.3 Å². The van der Waals surface area contributed by atoms with Crippen molar-refractivity contribution in [1.82, 2.24) is 10.2 Å². The summed E-state index contributed by atoms with van der Waals surface area (Å²) in [6, 6.07) is 2.24. The van der Waals surface area contributed by atoms with Gasteiger partial charge in [0.25, 0.3) is 0 Å². The molecule has 1 saturated heterocycles. The molecule has 1 atom stereocenters. The number of nitrogens with zero attached hydrogens (tertiary/aromatic N) is 1. The minimum Gasteiger partial charge on any atom is -0.465 e. The fraction of sp³-hybridized carbons (Fsp3) is 0.778. The monoisotopic (exact) mass is 292 g/mol. The molecular weight excluding hydrogens is 260 g/mol. The summed E-state index contributed by atoms with van der Waals surface area (Å²) in [6.45, 7) is 15.3. The van der Waals surface area contributed by atoms with E-state index >= 15 is 0 Å². The van der Waals surface area contributed by atoms with Gasteiger partial charge in [0.1, 0.15) is 11.5 Å². The second-order valence-corrected chi connectivity index (χ2v) is 7.55. The topological polar surface area (TPSA) is 28.4 Å². The number of likely N-dealkylation sites (tertiary alicyclic amines) is 1. The Kier molecular flexibility index (Phi) is 5.50. The van der Waals surface area contributed by atoms with Gasteiger partial charge in [-0.05, 0) is 59.1 Å². The summed E-state index contributed by atoms with van der Waals surface area (Å²) >= 11 is 0. The molecule has 1 unspecified atom stereocenters. The standard InChI is InChI=1S/C18H32N2O/c1-6-15-8-7-9-20(12-15)13-17-10-16(14(2)21-17)11-19-18(3,4)5/h10,15,19H,6-9,11-13H2,1-5H3. The third kappa shape index (κ3) is 5.15. The number of piperidine rings is 1. The van der Waals surface area contributed by atoms with E-state index in [2.05, 4.69) is 50.9 Å². The maximum absolute atomic E-state index is 5.97. The molecule has 1 aromatic rings. The Morgan fingerprint density at radius 1 is 1.38 bits per heavy atom. The molecular formula is C18H32N2O. The molecule has 0 spiro atoms. The van der Waals surface area contributed by atoms with Crippen molar-refractivity contribution in [2.24, 2.45) is 5.92 Å². The quantitative estimate of drug-likeness (QED) is 0.885. The Morgan fingerprint density at radius 2 is 2.14 bits per heavy atom. The first-order chi connectivity index (χ1) is 9.87.